The van der Waals surface area contributed by atoms with Crippen LogP contribution in [0.15, 0.2) is 85.2 Å². The van der Waals surface area contributed by atoms with E-state index in [1.54, 1.807) is 30.5 Å². The van der Waals surface area contributed by atoms with E-state index in [9.17, 15) is 4.79 Å². The lowest BCUT2D eigenvalue weighted by Crippen LogP contribution is -2.04. The summed E-state index contributed by atoms with van der Waals surface area (Å²) in [6, 6.07) is 23.0. The average Bonchev–Trinajstić information content (AvgIpc) is 3.25. The van der Waals surface area contributed by atoms with Crippen LogP contribution in [0.2, 0.25) is 5.02 Å². The van der Waals surface area contributed by atoms with E-state index in [2.05, 4.69) is 9.97 Å². The molecule has 0 saturated heterocycles. The molecule has 3 aromatic carbocycles. The van der Waals surface area contributed by atoms with Gasteiger partial charge < -0.3 is 10.7 Å². The number of nitrogens with two attached hydrogens (primary N) is 1. The number of carbonyl (C=O) groups is 1. The molecule has 0 bridgehead atoms. The number of rotatable bonds is 6. The summed E-state index contributed by atoms with van der Waals surface area (Å²) in [5.41, 5.74) is 11.7. The standard InChI is InChI=1S/C27H21ClN4O/c28-23-16-31-26(32-27(23)22-15-30-24-7-2-1-6-21(22)24)14-18-5-3-4-17(12-18)13-25(33)19-8-10-20(29)11-9-19/h1-12,15-16,30H,13-14,29H2. The van der Waals surface area contributed by atoms with Crippen molar-refractivity contribution in [3.63, 3.8) is 0 Å². The van der Waals surface area contributed by atoms with Crippen molar-refractivity contribution < 1.29 is 4.79 Å². The van der Waals surface area contributed by atoms with Crippen LogP contribution in [0.25, 0.3) is 22.2 Å². The number of benzene rings is 3. The number of fused-ring (bicyclic) bond motifs is 1. The number of ketones is 1. The van der Waals surface area contributed by atoms with Gasteiger partial charge in [0.15, 0.2) is 5.78 Å². The van der Waals surface area contributed by atoms with Gasteiger partial charge in [0.05, 0.1) is 10.7 Å². The summed E-state index contributed by atoms with van der Waals surface area (Å²) in [4.78, 5) is 25.1. The fraction of sp³-hybridized carbons (Fsp3) is 0.0741. The first-order valence-corrected chi connectivity index (χ1v) is 11.0. The molecule has 0 atom stereocenters. The summed E-state index contributed by atoms with van der Waals surface area (Å²) in [5, 5.41) is 1.57. The monoisotopic (exact) mass is 452 g/mol. The molecule has 0 fully saturated rings. The second-order valence-electron chi connectivity index (χ2n) is 7.95. The first kappa shape index (κ1) is 20.9. The lowest BCUT2D eigenvalue weighted by molar-refractivity contribution is 0.0993. The molecule has 0 spiro atoms. The Labute approximate surface area is 196 Å². The van der Waals surface area contributed by atoms with E-state index in [0.717, 1.165) is 27.6 Å². The highest BCUT2D eigenvalue weighted by Gasteiger charge is 2.14. The Bertz CT molecular complexity index is 1460. The predicted octanol–water partition coefficient (Wildman–Crippen LogP) is 5.88. The number of hydrogen-bond acceptors (Lipinski definition) is 4. The molecule has 162 valence electrons. The van der Waals surface area contributed by atoms with Crippen molar-refractivity contribution in [3.05, 3.63) is 113 Å². The Morgan fingerprint density at radius 2 is 1.76 bits per heavy atom. The van der Waals surface area contributed by atoms with Crippen LogP contribution in [-0.4, -0.2) is 20.7 Å². The quantitative estimate of drug-likeness (QED) is 0.249. The molecule has 0 aliphatic carbocycles. The molecule has 0 radical (unpaired) electrons. The highest BCUT2D eigenvalue weighted by molar-refractivity contribution is 6.33. The molecule has 0 aliphatic rings. The molecule has 5 aromatic rings. The molecule has 2 aromatic heterocycles. The maximum Gasteiger partial charge on any atom is 0.167 e. The van der Waals surface area contributed by atoms with Gasteiger partial charge in [-0.3, -0.25) is 4.79 Å². The molecule has 0 unspecified atom stereocenters. The normalized spacial score (nSPS) is 11.1. The third-order valence-corrected chi connectivity index (χ3v) is 5.87. The second kappa shape index (κ2) is 8.88. The van der Waals surface area contributed by atoms with Gasteiger partial charge >= 0.3 is 0 Å². The Kier molecular flexibility index (Phi) is 5.63. The number of H-pyrrole nitrogens is 1. The number of anilines is 1. The summed E-state index contributed by atoms with van der Waals surface area (Å²) < 4.78 is 0. The van der Waals surface area contributed by atoms with Crippen molar-refractivity contribution in [1.82, 2.24) is 15.0 Å². The van der Waals surface area contributed by atoms with Gasteiger partial charge in [0.25, 0.3) is 0 Å². The van der Waals surface area contributed by atoms with E-state index in [-0.39, 0.29) is 5.78 Å². The van der Waals surface area contributed by atoms with Crippen LogP contribution in [0.3, 0.4) is 0 Å². The number of nitrogens with zero attached hydrogens (tertiary/aromatic N) is 2. The van der Waals surface area contributed by atoms with Crippen molar-refractivity contribution >= 4 is 34.0 Å². The Morgan fingerprint density at radius 1 is 0.970 bits per heavy atom. The molecule has 6 heteroatoms. The first-order chi connectivity index (χ1) is 16.1. The zero-order chi connectivity index (χ0) is 22.8. The summed E-state index contributed by atoms with van der Waals surface area (Å²) in [6.07, 6.45) is 4.43. The maximum atomic E-state index is 12.6. The maximum absolute atomic E-state index is 12.6. The number of Topliss-reactive ketones (excluding diaryl/α,β-unsaturated/α-hetero) is 1. The van der Waals surface area contributed by atoms with Crippen LogP contribution in [0, 0.1) is 0 Å². The Hall–Kier alpha value is -3.96. The largest absolute Gasteiger partial charge is 0.399 e. The summed E-state index contributed by atoms with van der Waals surface area (Å²) in [5.74, 6) is 0.721. The Morgan fingerprint density at radius 3 is 2.61 bits per heavy atom. The van der Waals surface area contributed by atoms with Crippen molar-refractivity contribution in [2.24, 2.45) is 0 Å². The van der Waals surface area contributed by atoms with E-state index in [0.29, 0.717) is 40.6 Å². The number of halogens is 1. The SMILES string of the molecule is Nc1ccc(C(=O)Cc2cccc(Cc3ncc(Cl)c(-c4c[nH]c5ccccc45)n3)c2)cc1. The minimum atomic E-state index is 0.0523. The highest BCUT2D eigenvalue weighted by atomic mass is 35.5. The van der Waals surface area contributed by atoms with Gasteiger partial charge in [-0.1, -0.05) is 54.1 Å². The number of para-hydroxylation sites is 1. The lowest BCUT2D eigenvalue weighted by Gasteiger charge is -2.08. The molecular formula is C27H21ClN4O. The van der Waals surface area contributed by atoms with Gasteiger partial charge in [-0.25, -0.2) is 9.97 Å². The third-order valence-electron chi connectivity index (χ3n) is 5.59. The number of carbonyl (C=O) groups excluding carboxylic acids is 1. The molecule has 0 saturated carbocycles. The number of nitrogen functional groups attached to an aromatic ring is 1. The van der Waals surface area contributed by atoms with Crippen molar-refractivity contribution in [2.75, 3.05) is 5.73 Å². The van der Waals surface area contributed by atoms with E-state index in [1.807, 2.05) is 54.7 Å². The number of aromatic nitrogens is 3. The number of hydrogen-bond donors (Lipinski definition) is 2. The smallest absolute Gasteiger partial charge is 0.167 e. The predicted molar refractivity (Wildman–Crippen MR) is 132 cm³/mol. The van der Waals surface area contributed by atoms with Crippen molar-refractivity contribution in [1.29, 1.82) is 0 Å². The number of nitrogens with one attached hydrogen (secondary N) is 1. The van der Waals surface area contributed by atoms with E-state index in [1.165, 1.54) is 0 Å². The molecule has 0 amide bonds. The molecule has 0 aliphatic heterocycles. The van der Waals surface area contributed by atoms with Gasteiger partial charge in [-0.15, -0.1) is 0 Å². The van der Waals surface area contributed by atoms with Crippen LogP contribution < -0.4 is 5.73 Å². The van der Waals surface area contributed by atoms with Gasteiger partial charge in [0.1, 0.15) is 5.82 Å². The summed E-state index contributed by atoms with van der Waals surface area (Å²) in [6.45, 7) is 0. The lowest BCUT2D eigenvalue weighted by atomic mass is 10.00. The number of aromatic amines is 1. The van der Waals surface area contributed by atoms with Gasteiger partial charge in [-0.05, 0) is 41.5 Å². The minimum absolute atomic E-state index is 0.0523. The Balaban J connectivity index is 1.38. The molecule has 3 N–H and O–H groups in total. The molecule has 5 nitrogen and oxygen atoms in total. The van der Waals surface area contributed by atoms with E-state index < -0.39 is 0 Å². The van der Waals surface area contributed by atoms with Crippen LogP contribution in [0.1, 0.15) is 27.3 Å². The topological polar surface area (TPSA) is 84.7 Å². The summed E-state index contributed by atoms with van der Waals surface area (Å²) >= 11 is 6.46. The molecule has 5 rings (SSSR count). The molecule has 2 heterocycles. The minimum Gasteiger partial charge on any atom is -0.399 e. The van der Waals surface area contributed by atoms with Gasteiger partial charge in [0.2, 0.25) is 0 Å². The van der Waals surface area contributed by atoms with Crippen LogP contribution >= 0.6 is 11.6 Å². The van der Waals surface area contributed by atoms with Crippen LogP contribution in [-0.2, 0) is 12.8 Å². The zero-order valence-electron chi connectivity index (χ0n) is 17.8. The highest BCUT2D eigenvalue weighted by Crippen LogP contribution is 2.32. The second-order valence-corrected chi connectivity index (χ2v) is 8.36. The van der Waals surface area contributed by atoms with Crippen LogP contribution in [0.5, 0.6) is 0 Å². The third kappa shape index (κ3) is 4.49. The molecule has 33 heavy (non-hydrogen) atoms. The zero-order valence-corrected chi connectivity index (χ0v) is 18.5. The fourth-order valence-corrected chi connectivity index (χ4v) is 4.13. The van der Waals surface area contributed by atoms with E-state index in [4.69, 9.17) is 22.3 Å². The summed E-state index contributed by atoms with van der Waals surface area (Å²) in [7, 11) is 0. The fourth-order valence-electron chi connectivity index (χ4n) is 3.93. The molecular weight excluding hydrogens is 432 g/mol. The average molecular weight is 453 g/mol. The van der Waals surface area contributed by atoms with Crippen molar-refractivity contribution in [3.8, 4) is 11.3 Å². The van der Waals surface area contributed by atoms with Crippen LogP contribution in [0.4, 0.5) is 5.69 Å². The van der Waals surface area contributed by atoms with E-state index >= 15 is 0 Å². The first-order valence-electron chi connectivity index (χ1n) is 10.6. The van der Waals surface area contributed by atoms with Gasteiger partial charge in [0, 0.05) is 53.0 Å². The van der Waals surface area contributed by atoms with Crippen molar-refractivity contribution in [2.45, 2.75) is 12.8 Å². The van der Waals surface area contributed by atoms with Gasteiger partial charge in [-0.2, -0.15) is 0 Å².